The van der Waals surface area contributed by atoms with Crippen LogP contribution in [0.3, 0.4) is 0 Å². The van der Waals surface area contributed by atoms with Crippen molar-refractivity contribution in [3.05, 3.63) is 0 Å². The summed E-state index contributed by atoms with van der Waals surface area (Å²) in [5.41, 5.74) is 0. The van der Waals surface area contributed by atoms with E-state index in [-0.39, 0.29) is 25.7 Å². The van der Waals surface area contributed by atoms with Crippen molar-refractivity contribution in [1.82, 2.24) is 0 Å². The minimum Gasteiger partial charge on any atom is -0.462 e. The first-order valence-electron chi connectivity index (χ1n) is 39.5. The zero-order valence-electron chi connectivity index (χ0n) is 62.0. The second-order valence-electron chi connectivity index (χ2n) is 28.1. The third-order valence-corrected chi connectivity index (χ3v) is 20.0. The van der Waals surface area contributed by atoms with Gasteiger partial charge in [-0.3, -0.25) is 37.3 Å². The number of hydrogen-bond acceptors (Lipinski definition) is 15. The average Bonchev–Trinajstić information content (AvgIpc) is 1.68. The van der Waals surface area contributed by atoms with E-state index in [0.29, 0.717) is 25.7 Å². The van der Waals surface area contributed by atoms with Gasteiger partial charge in [0.1, 0.15) is 19.3 Å². The Balaban J connectivity index is 5.24. The topological polar surface area (TPSA) is 237 Å². The van der Waals surface area contributed by atoms with Crippen LogP contribution >= 0.6 is 15.6 Å². The van der Waals surface area contributed by atoms with E-state index in [2.05, 4.69) is 41.5 Å². The molecule has 0 spiro atoms. The molecule has 0 heterocycles. The maximum absolute atomic E-state index is 13.1. The number of hydrogen-bond donors (Lipinski definition) is 3. The van der Waals surface area contributed by atoms with Gasteiger partial charge in [-0.1, -0.05) is 343 Å². The Hall–Kier alpha value is -1.94. The van der Waals surface area contributed by atoms with E-state index in [4.69, 9.17) is 37.0 Å². The van der Waals surface area contributed by atoms with E-state index in [9.17, 15) is 43.2 Å². The van der Waals surface area contributed by atoms with Gasteiger partial charge in [0.2, 0.25) is 0 Å². The molecular weight excluding hydrogens is 1250 g/mol. The van der Waals surface area contributed by atoms with Crippen LogP contribution in [0.5, 0.6) is 0 Å². The lowest BCUT2D eigenvalue weighted by Crippen LogP contribution is -2.30. The number of aliphatic hydroxyl groups excluding tert-OH is 1. The Labute approximate surface area is 581 Å². The number of phosphoric ester groups is 2. The van der Waals surface area contributed by atoms with E-state index >= 15 is 0 Å². The van der Waals surface area contributed by atoms with Gasteiger partial charge in [0.05, 0.1) is 26.4 Å². The lowest BCUT2D eigenvalue weighted by molar-refractivity contribution is -0.161. The van der Waals surface area contributed by atoms with Crippen LogP contribution in [0.15, 0.2) is 0 Å². The van der Waals surface area contributed by atoms with Crippen LogP contribution in [0.1, 0.15) is 395 Å². The van der Waals surface area contributed by atoms with Gasteiger partial charge in [-0.05, 0) is 37.5 Å². The van der Waals surface area contributed by atoms with E-state index < -0.39 is 97.5 Å². The lowest BCUT2D eigenvalue weighted by Gasteiger charge is -2.21. The van der Waals surface area contributed by atoms with Gasteiger partial charge >= 0.3 is 39.5 Å². The third-order valence-electron chi connectivity index (χ3n) is 18.1. The largest absolute Gasteiger partial charge is 0.472 e. The highest BCUT2D eigenvalue weighted by atomic mass is 31.2. The van der Waals surface area contributed by atoms with Gasteiger partial charge in [0.25, 0.3) is 0 Å². The van der Waals surface area contributed by atoms with E-state index in [1.807, 2.05) is 0 Å². The second-order valence-corrected chi connectivity index (χ2v) is 31.0. The monoisotopic (exact) mass is 1400 g/mol. The van der Waals surface area contributed by atoms with Gasteiger partial charge in [-0.2, -0.15) is 0 Å². The van der Waals surface area contributed by atoms with Gasteiger partial charge in [0.15, 0.2) is 12.2 Å². The number of rotatable bonds is 75. The molecule has 0 rings (SSSR count). The number of carbonyl (C=O) groups excluding carboxylic acids is 4. The zero-order valence-corrected chi connectivity index (χ0v) is 63.8. The van der Waals surface area contributed by atoms with Crippen LogP contribution in [-0.4, -0.2) is 96.7 Å². The van der Waals surface area contributed by atoms with Crippen LogP contribution in [-0.2, 0) is 65.4 Å². The number of phosphoric acid groups is 2. The molecule has 0 fully saturated rings. The van der Waals surface area contributed by atoms with Crippen molar-refractivity contribution < 1.29 is 80.2 Å². The molecular formula is C76H148O17P2. The SMILES string of the molecule is CCCCCCCCCCCCCCCC(=O)O[C@H](COC(=O)CCCCCCCCCCCC)COP(=O)(O)OC[C@H](O)COP(=O)(O)OC[C@@H](COC(=O)CCCCCCCCCCCCC(C)CC)OC(=O)CCCCCCCCCCCCCCCCCC(C)C. The van der Waals surface area contributed by atoms with Gasteiger partial charge in [-0.15, -0.1) is 0 Å². The summed E-state index contributed by atoms with van der Waals surface area (Å²) in [6.07, 6.45) is 55.3. The summed E-state index contributed by atoms with van der Waals surface area (Å²) in [6, 6.07) is 0. The summed E-state index contributed by atoms with van der Waals surface area (Å²) < 4.78 is 68.5. The molecule has 0 aromatic heterocycles. The smallest absolute Gasteiger partial charge is 0.462 e. The van der Waals surface area contributed by atoms with E-state index in [1.165, 1.54) is 212 Å². The predicted octanol–water partition coefficient (Wildman–Crippen LogP) is 22.3. The maximum Gasteiger partial charge on any atom is 0.472 e. The van der Waals surface area contributed by atoms with Crippen molar-refractivity contribution in [1.29, 1.82) is 0 Å². The number of ether oxygens (including phenoxy) is 4. The first-order valence-corrected chi connectivity index (χ1v) is 42.5. The lowest BCUT2D eigenvalue weighted by atomic mass is 9.99. The molecule has 0 radical (unpaired) electrons. The van der Waals surface area contributed by atoms with Crippen molar-refractivity contribution in [2.75, 3.05) is 39.6 Å². The zero-order chi connectivity index (χ0) is 70.0. The van der Waals surface area contributed by atoms with E-state index in [1.54, 1.807) is 0 Å². The maximum atomic E-state index is 13.1. The van der Waals surface area contributed by atoms with Crippen molar-refractivity contribution in [2.24, 2.45) is 11.8 Å². The Morgan fingerprint density at radius 3 is 0.800 bits per heavy atom. The van der Waals surface area contributed by atoms with Crippen molar-refractivity contribution in [3.63, 3.8) is 0 Å². The molecule has 0 aliphatic rings. The molecule has 0 aliphatic heterocycles. The van der Waals surface area contributed by atoms with Gasteiger partial charge < -0.3 is 33.8 Å². The fraction of sp³-hybridized carbons (Fsp3) is 0.947. The van der Waals surface area contributed by atoms with Gasteiger partial charge in [-0.25, -0.2) is 9.13 Å². The van der Waals surface area contributed by atoms with E-state index in [0.717, 1.165) is 102 Å². The van der Waals surface area contributed by atoms with Crippen LogP contribution in [0.2, 0.25) is 0 Å². The molecule has 17 nitrogen and oxygen atoms in total. The normalized spacial score (nSPS) is 14.3. The molecule has 564 valence electrons. The average molecular weight is 1400 g/mol. The first kappa shape index (κ1) is 93.1. The summed E-state index contributed by atoms with van der Waals surface area (Å²) >= 11 is 0. The Kier molecular flexibility index (Phi) is 66.5. The Morgan fingerprint density at radius 2 is 0.537 bits per heavy atom. The standard InChI is InChI=1S/C76H148O17P2/c1-7-10-12-14-16-18-20-24-28-36-42-48-54-60-75(80)92-71(64-86-73(78)58-52-46-40-34-19-17-15-13-11-8-2)66-90-94(82,83)88-62-70(77)63-89-95(84,85)91-67-72(65-87-74(79)59-53-47-41-35-31-30-33-39-45-51-57-69(6)9-3)93-76(81)61-55-49-43-37-29-26-23-21-22-25-27-32-38-44-50-56-68(4)5/h68-72,77H,7-67H2,1-6H3,(H,82,83)(H,84,85)/t69?,70-,71+,72+/m0/s1. The Bertz CT molecular complexity index is 1840. The highest BCUT2D eigenvalue weighted by molar-refractivity contribution is 7.47. The highest BCUT2D eigenvalue weighted by Crippen LogP contribution is 2.45. The molecule has 3 unspecified atom stereocenters. The fourth-order valence-electron chi connectivity index (χ4n) is 11.6. The highest BCUT2D eigenvalue weighted by Gasteiger charge is 2.30. The minimum atomic E-state index is -4.96. The summed E-state index contributed by atoms with van der Waals surface area (Å²) in [5.74, 6) is -0.502. The summed E-state index contributed by atoms with van der Waals surface area (Å²) in [4.78, 5) is 72.8. The molecule has 3 N–H and O–H groups in total. The number of unbranched alkanes of at least 4 members (excludes halogenated alkanes) is 44. The molecule has 6 atom stereocenters. The fourth-order valence-corrected chi connectivity index (χ4v) is 13.2. The van der Waals surface area contributed by atoms with Crippen LogP contribution in [0.25, 0.3) is 0 Å². The molecule has 19 heteroatoms. The molecule has 0 amide bonds. The first-order chi connectivity index (χ1) is 45.9. The predicted molar refractivity (Wildman–Crippen MR) is 386 cm³/mol. The number of carbonyl (C=O) groups is 4. The summed E-state index contributed by atoms with van der Waals surface area (Å²) in [6.45, 7) is 9.65. The molecule has 0 aromatic rings. The van der Waals surface area contributed by atoms with Crippen molar-refractivity contribution >= 4 is 39.5 Å². The minimum absolute atomic E-state index is 0.108. The van der Waals surface area contributed by atoms with Crippen LogP contribution in [0.4, 0.5) is 0 Å². The van der Waals surface area contributed by atoms with Gasteiger partial charge in [0, 0.05) is 25.7 Å². The molecule has 0 aliphatic carbocycles. The summed E-state index contributed by atoms with van der Waals surface area (Å²) in [5, 5.41) is 10.6. The molecule has 0 aromatic carbocycles. The van der Waals surface area contributed by atoms with Crippen LogP contribution in [0, 0.1) is 11.8 Å². The molecule has 0 saturated carbocycles. The van der Waals surface area contributed by atoms with Crippen LogP contribution < -0.4 is 0 Å². The number of aliphatic hydroxyl groups is 1. The van der Waals surface area contributed by atoms with Crippen molar-refractivity contribution in [2.45, 2.75) is 413 Å². The quantitative estimate of drug-likeness (QED) is 0.0222. The molecule has 95 heavy (non-hydrogen) atoms. The second kappa shape index (κ2) is 67.9. The summed E-state index contributed by atoms with van der Waals surface area (Å²) in [7, 11) is -9.91. The van der Waals surface area contributed by atoms with Crippen molar-refractivity contribution in [3.8, 4) is 0 Å². The molecule has 0 saturated heterocycles. The Morgan fingerprint density at radius 1 is 0.305 bits per heavy atom. The molecule has 0 bridgehead atoms. The number of esters is 4. The third kappa shape index (κ3) is 69.0.